The molecule has 0 bridgehead atoms. The Balaban J connectivity index is 2.20. The first-order chi connectivity index (χ1) is 12.2. The lowest BCUT2D eigenvalue weighted by atomic mass is 10.2. The fraction of sp³-hybridized carbons (Fsp3) is 0.235. The Kier molecular flexibility index (Phi) is 7.12. The van der Waals surface area contributed by atoms with Gasteiger partial charge in [-0.15, -0.1) is 0 Å². The number of hydrogen-bond donors (Lipinski definition) is 1. The average molecular weight is 439 g/mol. The molecule has 0 saturated carbocycles. The molecule has 2 rings (SSSR count). The molecule has 0 fully saturated rings. The summed E-state index contributed by atoms with van der Waals surface area (Å²) in [5.41, 5.74) is 0.279. The Labute approximate surface area is 171 Å². The molecule has 2 aromatic rings. The monoisotopic (exact) mass is 437 g/mol. The minimum Gasteiger partial charge on any atom is -0.493 e. The third-order valence-electron chi connectivity index (χ3n) is 3.27. The summed E-state index contributed by atoms with van der Waals surface area (Å²) >= 11 is 23.6. The van der Waals surface area contributed by atoms with Gasteiger partial charge in [0.2, 0.25) is 10.0 Å². The molecule has 0 aliphatic rings. The number of halogens is 4. The highest BCUT2D eigenvalue weighted by Gasteiger charge is 2.36. The van der Waals surface area contributed by atoms with E-state index in [0.717, 1.165) is 0 Å². The van der Waals surface area contributed by atoms with Gasteiger partial charge in [-0.05, 0) is 42.5 Å². The highest BCUT2D eigenvalue weighted by atomic mass is 35.6. The molecule has 5 nitrogen and oxygen atoms in total. The molecule has 0 radical (unpaired) electrons. The first-order valence-electron chi connectivity index (χ1n) is 7.26. The predicted molar refractivity (Wildman–Crippen MR) is 103 cm³/mol. The van der Waals surface area contributed by atoms with Crippen molar-refractivity contribution in [3.05, 3.63) is 53.1 Å². The SMILES string of the molecule is COc1ccc(C(=O)NC(Oc2ccc(Cl)cc2)C(Cl)(Cl)Cl)cc1OC. The van der Waals surface area contributed by atoms with Crippen molar-refractivity contribution >= 4 is 52.3 Å². The number of hydrogen-bond acceptors (Lipinski definition) is 4. The van der Waals surface area contributed by atoms with Crippen LogP contribution in [0.3, 0.4) is 0 Å². The van der Waals surface area contributed by atoms with E-state index in [2.05, 4.69) is 5.32 Å². The summed E-state index contributed by atoms with van der Waals surface area (Å²) in [5.74, 6) is 0.734. The molecule has 0 aliphatic carbocycles. The van der Waals surface area contributed by atoms with E-state index in [-0.39, 0.29) is 5.56 Å². The quantitative estimate of drug-likeness (QED) is 0.516. The highest BCUT2D eigenvalue weighted by molar-refractivity contribution is 6.68. The molecule has 1 amide bonds. The maximum absolute atomic E-state index is 12.5. The maximum Gasteiger partial charge on any atom is 0.254 e. The Morgan fingerprint density at radius 1 is 1.00 bits per heavy atom. The average Bonchev–Trinajstić information content (AvgIpc) is 2.61. The molecular weight excluding hydrogens is 424 g/mol. The highest BCUT2D eigenvalue weighted by Crippen LogP contribution is 2.33. The normalized spacial score (nSPS) is 12.2. The molecule has 0 aromatic heterocycles. The van der Waals surface area contributed by atoms with Crippen molar-refractivity contribution in [2.45, 2.75) is 10.0 Å². The summed E-state index contributed by atoms with van der Waals surface area (Å²) in [6.07, 6.45) is -1.24. The molecule has 9 heteroatoms. The smallest absolute Gasteiger partial charge is 0.254 e. The number of ether oxygens (including phenoxy) is 3. The van der Waals surface area contributed by atoms with Crippen molar-refractivity contribution in [3.8, 4) is 17.2 Å². The van der Waals surface area contributed by atoms with Gasteiger partial charge < -0.3 is 19.5 Å². The lowest BCUT2D eigenvalue weighted by molar-refractivity contribution is 0.0832. The van der Waals surface area contributed by atoms with Crippen molar-refractivity contribution in [2.75, 3.05) is 14.2 Å². The molecule has 0 spiro atoms. The van der Waals surface area contributed by atoms with Crippen molar-refractivity contribution < 1.29 is 19.0 Å². The number of carbonyl (C=O) groups excluding carboxylic acids is 1. The van der Waals surface area contributed by atoms with Gasteiger partial charge in [-0.25, -0.2) is 0 Å². The van der Waals surface area contributed by atoms with Gasteiger partial charge in [0, 0.05) is 10.6 Å². The number of carbonyl (C=O) groups is 1. The topological polar surface area (TPSA) is 56.8 Å². The largest absolute Gasteiger partial charge is 0.493 e. The second kappa shape index (κ2) is 8.91. The summed E-state index contributed by atoms with van der Waals surface area (Å²) in [4.78, 5) is 12.5. The van der Waals surface area contributed by atoms with Crippen LogP contribution < -0.4 is 19.5 Å². The molecule has 26 heavy (non-hydrogen) atoms. The summed E-state index contributed by atoms with van der Waals surface area (Å²) in [7, 11) is 2.96. The van der Waals surface area contributed by atoms with Crippen molar-refractivity contribution in [2.24, 2.45) is 0 Å². The molecule has 0 aliphatic heterocycles. The maximum atomic E-state index is 12.5. The van der Waals surface area contributed by atoms with E-state index in [1.165, 1.54) is 20.3 Å². The van der Waals surface area contributed by atoms with Gasteiger partial charge in [-0.3, -0.25) is 4.79 Å². The second-order valence-electron chi connectivity index (χ2n) is 5.04. The van der Waals surface area contributed by atoms with E-state index in [1.807, 2.05) is 0 Å². The fourth-order valence-electron chi connectivity index (χ4n) is 2.01. The molecule has 1 N–H and O–H groups in total. The molecule has 0 heterocycles. The van der Waals surface area contributed by atoms with Gasteiger partial charge in [-0.2, -0.15) is 0 Å². The number of rotatable bonds is 6. The first-order valence-corrected chi connectivity index (χ1v) is 8.77. The zero-order chi connectivity index (χ0) is 19.3. The van der Waals surface area contributed by atoms with E-state index >= 15 is 0 Å². The summed E-state index contributed by atoms with van der Waals surface area (Å²) in [6, 6.07) is 11.1. The van der Waals surface area contributed by atoms with Crippen LogP contribution in [0.2, 0.25) is 5.02 Å². The van der Waals surface area contributed by atoms with Crippen LogP contribution in [-0.4, -0.2) is 30.1 Å². The van der Waals surface area contributed by atoms with Gasteiger partial charge in [0.05, 0.1) is 14.2 Å². The first kappa shape index (κ1) is 20.8. The number of nitrogens with one attached hydrogen (secondary N) is 1. The lowest BCUT2D eigenvalue weighted by Gasteiger charge is -2.26. The molecular formula is C17H15Cl4NO4. The van der Waals surface area contributed by atoms with Crippen molar-refractivity contribution in [1.82, 2.24) is 5.32 Å². The lowest BCUT2D eigenvalue weighted by Crippen LogP contribution is -2.47. The zero-order valence-electron chi connectivity index (χ0n) is 13.8. The van der Waals surface area contributed by atoms with E-state index < -0.39 is 15.9 Å². The Morgan fingerprint density at radius 2 is 1.62 bits per heavy atom. The molecule has 140 valence electrons. The van der Waals surface area contributed by atoms with Gasteiger partial charge >= 0.3 is 0 Å². The van der Waals surface area contributed by atoms with Crippen LogP contribution in [0.1, 0.15) is 10.4 Å². The third kappa shape index (κ3) is 5.48. The molecule has 2 aromatic carbocycles. The Morgan fingerprint density at radius 3 is 2.15 bits per heavy atom. The van der Waals surface area contributed by atoms with Crippen molar-refractivity contribution in [3.63, 3.8) is 0 Å². The Bertz CT molecular complexity index is 762. The van der Waals surface area contributed by atoms with E-state index in [1.54, 1.807) is 36.4 Å². The standard InChI is InChI=1S/C17H15Cl4NO4/c1-24-13-8-3-10(9-14(13)25-2)15(23)22-16(17(19,20)21)26-12-6-4-11(18)5-7-12/h3-9,16H,1-2H3,(H,22,23). The van der Waals surface area contributed by atoms with Crippen LogP contribution in [0.25, 0.3) is 0 Å². The minimum absolute atomic E-state index is 0.279. The number of amides is 1. The van der Waals surface area contributed by atoms with Crippen LogP contribution in [0.15, 0.2) is 42.5 Å². The fourth-order valence-corrected chi connectivity index (χ4v) is 2.43. The molecule has 1 unspecified atom stereocenters. The summed E-state index contributed by atoms with van der Waals surface area (Å²) in [5, 5.41) is 3.06. The molecule has 1 atom stereocenters. The van der Waals surface area contributed by atoms with E-state index in [9.17, 15) is 4.79 Å². The van der Waals surface area contributed by atoms with Gasteiger partial charge in [0.15, 0.2) is 11.5 Å². The summed E-state index contributed by atoms with van der Waals surface area (Å²) in [6.45, 7) is 0. The Hall–Kier alpha value is -1.53. The number of benzene rings is 2. The summed E-state index contributed by atoms with van der Waals surface area (Å²) < 4.78 is 14.0. The van der Waals surface area contributed by atoms with Crippen LogP contribution in [0, 0.1) is 0 Å². The van der Waals surface area contributed by atoms with Gasteiger partial charge in [0.1, 0.15) is 5.75 Å². The van der Waals surface area contributed by atoms with E-state index in [4.69, 9.17) is 60.6 Å². The van der Waals surface area contributed by atoms with Crippen LogP contribution >= 0.6 is 46.4 Å². The zero-order valence-corrected chi connectivity index (χ0v) is 16.8. The van der Waals surface area contributed by atoms with Crippen LogP contribution in [0.4, 0.5) is 0 Å². The second-order valence-corrected chi connectivity index (χ2v) is 7.84. The van der Waals surface area contributed by atoms with Crippen molar-refractivity contribution in [1.29, 1.82) is 0 Å². The van der Waals surface area contributed by atoms with E-state index in [0.29, 0.717) is 22.3 Å². The predicted octanol–water partition coefficient (Wildman–Crippen LogP) is 4.86. The van der Waals surface area contributed by atoms with Gasteiger partial charge in [0.25, 0.3) is 5.91 Å². The van der Waals surface area contributed by atoms with Crippen LogP contribution in [-0.2, 0) is 0 Å². The molecule has 0 saturated heterocycles. The third-order valence-corrected chi connectivity index (χ3v) is 4.12. The van der Waals surface area contributed by atoms with Crippen LogP contribution in [0.5, 0.6) is 17.2 Å². The number of methoxy groups -OCH3 is 2. The number of alkyl halides is 3. The minimum atomic E-state index is -1.91. The van der Waals surface area contributed by atoms with Gasteiger partial charge in [-0.1, -0.05) is 46.4 Å².